The number of amides is 1. The van der Waals surface area contributed by atoms with E-state index in [1.165, 1.54) is 25.3 Å². The molecule has 4 nitrogen and oxygen atoms in total. The number of hydrogen-bond donors (Lipinski definition) is 2. The molecule has 18 heavy (non-hydrogen) atoms. The van der Waals surface area contributed by atoms with Crippen LogP contribution in [0, 0.1) is 17.8 Å². The summed E-state index contributed by atoms with van der Waals surface area (Å²) in [6.07, 6.45) is 7.27. The molecule has 2 bridgehead atoms. The molecule has 2 aliphatic carbocycles. The van der Waals surface area contributed by atoms with Crippen molar-refractivity contribution in [2.75, 3.05) is 0 Å². The smallest absolute Gasteiger partial charge is 0.326 e. The van der Waals surface area contributed by atoms with E-state index in [2.05, 4.69) is 11.9 Å². The van der Waals surface area contributed by atoms with Gasteiger partial charge in [0.1, 0.15) is 6.04 Å². The van der Waals surface area contributed by atoms with Gasteiger partial charge in [-0.15, -0.1) is 6.58 Å². The van der Waals surface area contributed by atoms with Gasteiger partial charge in [-0.2, -0.15) is 0 Å². The first kappa shape index (κ1) is 13.1. The van der Waals surface area contributed by atoms with E-state index in [0.29, 0.717) is 18.3 Å². The fraction of sp³-hybridized carbons (Fsp3) is 0.714. The first-order chi connectivity index (χ1) is 8.60. The first-order valence-corrected chi connectivity index (χ1v) is 6.73. The minimum Gasteiger partial charge on any atom is -0.480 e. The van der Waals surface area contributed by atoms with Crippen molar-refractivity contribution in [3.63, 3.8) is 0 Å². The number of rotatable bonds is 6. The van der Waals surface area contributed by atoms with Crippen molar-refractivity contribution in [1.29, 1.82) is 0 Å². The average Bonchev–Trinajstić information content (AvgIpc) is 2.90. The van der Waals surface area contributed by atoms with E-state index in [9.17, 15) is 9.59 Å². The number of nitrogens with one attached hydrogen (secondary N) is 1. The Morgan fingerprint density at radius 2 is 2.17 bits per heavy atom. The van der Waals surface area contributed by atoms with Gasteiger partial charge in [-0.25, -0.2) is 4.79 Å². The van der Waals surface area contributed by atoms with Crippen molar-refractivity contribution >= 4 is 11.9 Å². The molecule has 1 amide bonds. The summed E-state index contributed by atoms with van der Waals surface area (Å²) in [5.41, 5.74) is 0. The SMILES string of the molecule is C=CCC(NC(=O)CC1CC2CCC1C2)C(=O)O. The van der Waals surface area contributed by atoms with Crippen LogP contribution in [-0.2, 0) is 9.59 Å². The monoisotopic (exact) mass is 251 g/mol. The van der Waals surface area contributed by atoms with Crippen molar-refractivity contribution in [2.24, 2.45) is 17.8 Å². The van der Waals surface area contributed by atoms with Gasteiger partial charge >= 0.3 is 5.97 Å². The quantitative estimate of drug-likeness (QED) is 0.709. The summed E-state index contributed by atoms with van der Waals surface area (Å²) >= 11 is 0. The zero-order valence-corrected chi connectivity index (χ0v) is 10.6. The molecular formula is C14H21NO3. The van der Waals surface area contributed by atoms with Gasteiger partial charge in [-0.05, 0) is 43.4 Å². The predicted octanol–water partition coefficient (Wildman–Crippen LogP) is 1.96. The largest absolute Gasteiger partial charge is 0.480 e. The number of carbonyl (C=O) groups excluding carboxylic acids is 1. The molecule has 4 atom stereocenters. The van der Waals surface area contributed by atoms with Crippen molar-refractivity contribution < 1.29 is 14.7 Å². The number of carboxylic acids is 1. The Hall–Kier alpha value is -1.32. The summed E-state index contributed by atoms with van der Waals surface area (Å²) in [6, 6.07) is -0.825. The molecule has 0 spiro atoms. The van der Waals surface area contributed by atoms with E-state index < -0.39 is 12.0 Å². The van der Waals surface area contributed by atoms with Crippen LogP contribution in [0.1, 0.15) is 38.5 Å². The average molecular weight is 251 g/mol. The van der Waals surface area contributed by atoms with Crippen LogP contribution in [0.15, 0.2) is 12.7 Å². The zero-order chi connectivity index (χ0) is 13.1. The van der Waals surface area contributed by atoms with E-state index in [0.717, 1.165) is 12.3 Å². The Morgan fingerprint density at radius 1 is 1.39 bits per heavy atom. The highest BCUT2D eigenvalue weighted by Gasteiger charge is 2.40. The van der Waals surface area contributed by atoms with Crippen LogP contribution in [0.5, 0.6) is 0 Å². The predicted molar refractivity (Wildman–Crippen MR) is 67.9 cm³/mol. The molecule has 2 fully saturated rings. The molecule has 2 saturated carbocycles. The molecule has 0 radical (unpaired) electrons. The Bertz CT molecular complexity index is 353. The standard InChI is InChI=1S/C14H21NO3/c1-2-3-12(14(17)18)15-13(16)8-11-7-9-4-5-10(11)6-9/h2,9-12H,1,3-8H2,(H,15,16)(H,17,18). The molecule has 100 valence electrons. The van der Waals surface area contributed by atoms with Crippen LogP contribution in [0.25, 0.3) is 0 Å². The molecule has 2 aliphatic rings. The van der Waals surface area contributed by atoms with E-state index in [1.807, 2.05) is 0 Å². The molecule has 0 aromatic heterocycles. The van der Waals surface area contributed by atoms with Gasteiger partial charge in [0.2, 0.25) is 5.91 Å². The Balaban J connectivity index is 1.81. The van der Waals surface area contributed by atoms with Gasteiger partial charge in [0.25, 0.3) is 0 Å². The normalized spacial score (nSPS) is 31.0. The fourth-order valence-electron chi connectivity index (χ4n) is 3.51. The van der Waals surface area contributed by atoms with Gasteiger partial charge in [-0.3, -0.25) is 4.79 Å². The maximum absolute atomic E-state index is 11.9. The topological polar surface area (TPSA) is 66.4 Å². The minimum absolute atomic E-state index is 0.123. The summed E-state index contributed by atoms with van der Waals surface area (Å²) in [4.78, 5) is 22.8. The first-order valence-electron chi connectivity index (χ1n) is 6.73. The lowest BCUT2D eigenvalue weighted by molar-refractivity contribution is -0.141. The van der Waals surface area contributed by atoms with Crippen molar-refractivity contribution in [2.45, 2.75) is 44.6 Å². The Kier molecular flexibility index (Phi) is 4.04. The van der Waals surface area contributed by atoms with Crippen LogP contribution in [0.3, 0.4) is 0 Å². The molecule has 2 N–H and O–H groups in total. The lowest BCUT2D eigenvalue weighted by Gasteiger charge is -2.22. The van der Waals surface area contributed by atoms with Gasteiger partial charge in [0.05, 0.1) is 0 Å². The summed E-state index contributed by atoms with van der Waals surface area (Å²) in [5.74, 6) is 0.875. The number of carbonyl (C=O) groups is 2. The summed E-state index contributed by atoms with van der Waals surface area (Å²) < 4.78 is 0. The van der Waals surface area contributed by atoms with E-state index in [4.69, 9.17) is 5.11 Å². The second-order valence-electron chi connectivity index (χ2n) is 5.62. The van der Waals surface area contributed by atoms with Crippen LogP contribution < -0.4 is 5.32 Å². The fourth-order valence-corrected chi connectivity index (χ4v) is 3.51. The lowest BCUT2D eigenvalue weighted by Crippen LogP contribution is -2.41. The lowest BCUT2D eigenvalue weighted by atomic mass is 9.86. The summed E-state index contributed by atoms with van der Waals surface area (Å²) in [5, 5.41) is 11.6. The van der Waals surface area contributed by atoms with Gasteiger partial charge < -0.3 is 10.4 Å². The third kappa shape index (κ3) is 2.92. The molecule has 2 rings (SSSR count). The zero-order valence-electron chi connectivity index (χ0n) is 10.6. The third-order valence-electron chi connectivity index (χ3n) is 4.37. The second kappa shape index (κ2) is 5.55. The van der Waals surface area contributed by atoms with Gasteiger partial charge in [-0.1, -0.05) is 12.5 Å². The van der Waals surface area contributed by atoms with Crippen molar-refractivity contribution in [3.05, 3.63) is 12.7 Å². The van der Waals surface area contributed by atoms with Crippen molar-refractivity contribution in [1.82, 2.24) is 5.32 Å². The molecule has 0 aromatic carbocycles. The van der Waals surface area contributed by atoms with E-state index in [1.54, 1.807) is 0 Å². The number of carboxylic acid groups (broad SMARTS) is 1. The second-order valence-corrected chi connectivity index (χ2v) is 5.62. The number of hydrogen-bond acceptors (Lipinski definition) is 2. The van der Waals surface area contributed by atoms with Crippen molar-refractivity contribution in [3.8, 4) is 0 Å². The van der Waals surface area contributed by atoms with Gasteiger partial charge in [0, 0.05) is 6.42 Å². The highest BCUT2D eigenvalue weighted by atomic mass is 16.4. The maximum Gasteiger partial charge on any atom is 0.326 e. The van der Waals surface area contributed by atoms with Crippen LogP contribution >= 0.6 is 0 Å². The van der Waals surface area contributed by atoms with Crippen LogP contribution in [-0.4, -0.2) is 23.0 Å². The molecule has 0 saturated heterocycles. The van der Waals surface area contributed by atoms with Crippen LogP contribution in [0.2, 0.25) is 0 Å². The minimum atomic E-state index is -0.990. The number of fused-ring (bicyclic) bond motifs is 2. The highest BCUT2D eigenvalue weighted by Crippen LogP contribution is 2.49. The Labute approximate surface area is 107 Å². The summed E-state index contributed by atoms with van der Waals surface area (Å²) in [6.45, 7) is 3.51. The highest BCUT2D eigenvalue weighted by molar-refractivity contribution is 5.83. The number of aliphatic carboxylic acids is 1. The van der Waals surface area contributed by atoms with E-state index >= 15 is 0 Å². The summed E-state index contributed by atoms with van der Waals surface area (Å²) in [7, 11) is 0. The molecule has 0 aliphatic heterocycles. The maximum atomic E-state index is 11.9. The van der Waals surface area contributed by atoms with Gasteiger partial charge in [0.15, 0.2) is 0 Å². The Morgan fingerprint density at radius 3 is 2.67 bits per heavy atom. The molecular weight excluding hydrogens is 230 g/mol. The molecule has 4 heteroatoms. The van der Waals surface area contributed by atoms with Crippen LogP contribution in [0.4, 0.5) is 0 Å². The molecule has 0 heterocycles. The van der Waals surface area contributed by atoms with E-state index in [-0.39, 0.29) is 12.3 Å². The third-order valence-corrected chi connectivity index (χ3v) is 4.37. The molecule has 4 unspecified atom stereocenters. The molecule has 0 aromatic rings.